The molecule has 86 valence electrons. The standard InChI is InChI=1S/C12H16N2O2/c1-7(2)10-4-8(12(15)16)9-5-14(3)6-11(9)13-10/h4,7H,5-6H2,1-3H3,(H,15,16). The zero-order valence-electron chi connectivity index (χ0n) is 9.82. The molecule has 1 aliphatic rings. The van der Waals surface area contributed by atoms with Crippen LogP contribution in [0.4, 0.5) is 0 Å². The summed E-state index contributed by atoms with van der Waals surface area (Å²) in [4.78, 5) is 17.8. The molecule has 0 radical (unpaired) electrons. The van der Waals surface area contributed by atoms with Gasteiger partial charge in [-0.3, -0.25) is 9.88 Å². The SMILES string of the molecule is CC(C)c1cc(C(=O)O)c2c(n1)CN(C)C2. The van der Waals surface area contributed by atoms with Crippen molar-refractivity contribution in [2.24, 2.45) is 0 Å². The Bertz CT molecular complexity index is 441. The normalized spacial score (nSPS) is 15.5. The van der Waals surface area contributed by atoms with E-state index in [2.05, 4.69) is 9.88 Å². The molecular formula is C12H16N2O2. The summed E-state index contributed by atoms with van der Waals surface area (Å²) < 4.78 is 0. The van der Waals surface area contributed by atoms with Crippen molar-refractivity contribution in [1.82, 2.24) is 9.88 Å². The lowest BCUT2D eigenvalue weighted by Crippen LogP contribution is -2.09. The van der Waals surface area contributed by atoms with Crippen molar-refractivity contribution in [3.63, 3.8) is 0 Å². The van der Waals surface area contributed by atoms with E-state index >= 15 is 0 Å². The Kier molecular flexibility index (Phi) is 2.68. The number of nitrogens with zero attached hydrogens (tertiary/aromatic N) is 2. The maximum Gasteiger partial charge on any atom is 0.336 e. The average molecular weight is 220 g/mol. The van der Waals surface area contributed by atoms with Crippen molar-refractivity contribution in [1.29, 1.82) is 0 Å². The minimum atomic E-state index is -0.851. The van der Waals surface area contributed by atoms with Crippen molar-refractivity contribution < 1.29 is 9.90 Å². The van der Waals surface area contributed by atoms with Gasteiger partial charge in [0.15, 0.2) is 0 Å². The van der Waals surface area contributed by atoms with Gasteiger partial charge in [0, 0.05) is 24.3 Å². The molecule has 0 saturated carbocycles. The molecule has 16 heavy (non-hydrogen) atoms. The van der Waals surface area contributed by atoms with Crippen LogP contribution in [0.25, 0.3) is 0 Å². The third kappa shape index (κ3) is 1.80. The molecular weight excluding hydrogens is 204 g/mol. The van der Waals surface area contributed by atoms with Crippen LogP contribution >= 0.6 is 0 Å². The molecule has 1 aromatic heterocycles. The molecule has 0 atom stereocenters. The van der Waals surface area contributed by atoms with Gasteiger partial charge in [-0.2, -0.15) is 0 Å². The summed E-state index contributed by atoms with van der Waals surface area (Å²) in [6.07, 6.45) is 0. The molecule has 0 fully saturated rings. The lowest BCUT2D eigenvalue weighted by Gasteiger charge is -2.09. The van der Waals surface area contributed by atoms with Crippen LogP contribution in [0.15, 0.2) is 6.07 Å². The summed E-state index contributed by atoms with van der Waals surface area (Å²) in [6.45, 7) is 5.48. The van der Waals surface area contributed by atoms with E-state index in [-0.39, 0.29) is 5.92 Å². The summed E-state index contributed by atoms with van der Waals surface area (Å²) in [5, 5.41) is 9.20. The highest BCUT2D eigenvalue weighted by molar-refractivity contribution is 5.90. The molecule has 1 aromatic rings. The van der Waals surface area contributed by atoms with Crippen molar-refractivity contribution in [3.8, 4) is 0 Å². The number of rotatable bonds is 2. The van der Waals surface area contributed by atoms with Crippen LogP contribution in [0, 0.1) is 0 Å². The molecule has 0 bridgehead atoms. The fourth-order valence-corrected chi connectivity index (χ4v) is 2.02. The number of carbonyl (C=O) groups is 1. The van der Waals surface area contributed by atoms with Gasteiger partial charge in [0.2, 0.25) is 0 Å². The fraction of sp³-hybridized carbons (Fsp3) is 0.500. The highest BCUT2D eigenvalue weighted by Gasteiger charge is 2.24. The molecule has 4 nitrogen and oxygen atoms in total. The molecule has 0 aromatic carbocycles. The third-order valence-corrected chi connectivity index (χ3v) is 2.90. The second-order valence-corrected chi connectivity index (χ2v) is 4.65. The molecule has 2 heterocycles. The monoisotopic (exact) mass is 220 g/mol. The van der Waals surface area contributed by atoms with Crippen LogP contribution in [-0.4, -0.2) is 28.0 Å². The molecule has 0 saturated heterocycles. The van der Waals surface area contributed by atoms with E-state index in [1.807, 2.05) is 20.9 Å². The Labute approximate surface area is 94.9 Å². The van der Waals surface area contributed by atoms with Gasteiger partial charge in [0.25, 0.3) is 0 Å². The Morgan fingerprint density at radius 3 is 2.75 bits per heavy atom. The zero-order chi connectivity index (χ0) is 11.9. The lowest BCUT2D eigenvalue weighted by atomic mass is 10.0. The Balaban J connectivity index is 2.56. The predicted molar refractivity (Wildman–Crippen MR) is 60.5 cm³/mol. The number of carboxylic acid groups (broad SMARTS) is 1. The minimum absolute atomic E-state index is 0.259. The summed E-state index contributed by atoms with van der Waals surface area (Å²) >= 11 is 0. The molecule has 0 amide bonds. The van der Waals surface area contributed by atoms with E-state index in [4.69, 9.17) is 0 Å². The number of hydrogen-bond acceptors (Lipinski definition) is 3. The van der Waals surface area contributed by atoms with E-state index in [9.17, 15) is 9.90 Å². The van der Waals surface area contributed by atoms with E-state index in [0.29, 0.717) is 12.1 Å². The number of aromatic nitrogens is 1. The number of hydrogen-bond donors (Lipinski definition) is 1. The maximum atomic E-state index is 11.2. The van der Waals surface area contributed by atoms with Gasteiger partial charge in [-0.05, 0) is 19.0 Å². The van der Waals surface area contributed by atoms with Crippen LogP contribution in [0.1, 0.15) is 47.1 Å². The van der Waals surface area contributed by atoms with E-state index in [1.165, 1.54) is 0 Å². The number of aromatic carboxylic acids is 1. The van der Waals surface area contributed by atoms with Crippen molar-refractivity contribution in [3.05, 3.63) is 28.6 Å². The highest BCUT2D eigenvalue weighted by Crippen LogP contribution is 2.26. The fourth-order valence-electron chi connectivity index (χ4n) is 2.02. The van der Waals surface area contributed by atoms with Gasteiger partial charge in [-0.25, -0.2) is 4.79 Å². The molecule has 0 aliphatic carbocycles. The smallest absolute Gasteiger partial charge is 0.336 e. The lowest BCUT2D eigenvalue weighted by molar-refractivity contribution is 0.0695. The van der Waals surface area contributed by atoms with Crippen LogP contribution in [0.2, 0.25) is 0 Å². The summed E-state index contributed by atoms with van der Waals surface area (Å²) in [7, 11) is 1.97. The largest absolute Gasteiger partial charge is 0.478 e. The van der Waals surface area contributed by atoms with Gasteiger partial charge in [0.1, 0.15) is 0 Å². The van der Waals surface area contributed by atoms with Gasteiger partial charge in [-0.1, -0.05) is 13.8 Å². The molecule has 1 N–H and O–H groups in total. The first kappa shape index (κ1) is 11.1. The number of carboxylic acids is 1. The van der Waals surface area contributed by atoms with Crippen LogP contribution in [0.5, 0.6) is 0 Å². The molecule has 4 heteroatoms. The molecule has 2 rings (SSSR count). The van der Waals surface area contributed by atoms with Gasteiger partial charge in [0.05, 0.1) is 11.3 Å². The van der Waals surface area contributed by atoms with E-state index in [0.717, 1.165) is 23.5 Å². The quantitative estimate of drug-likeness (QED) is 0.826. The predicted octanol–water partition coefficient (Wildman–Crippen LogP) is 1.85. The van der Waals surface area contributed by atoms with Crippen molar-refractivity contribution in [2.75, 3.05) is 7.05 Å². The summed E-state index contributed by atoms with van der Waals surface area (Å²) in [5.74, 6) is -0.592. The van der Waals surface area contributed by atoms with Gasteiger partial charge >= 0.3 is 5.97 Å². The first-order valence-corrected chi connectivity index (χ1v) is 5.43. The average Bonchev–Trinajstić information content (AvgIpc) is 2.55. The summed E-state index contributed by atoms with van der Waals surface area (Å²) in [5.41, 5.74) is 3.08. The first-order chi connectivity index (χ1) is 7.49. The Hall–Kier alpha value is -1.42. The van der Waals surface area contributed by atoms with Crippen molar-refractivity contribution >= 4 is 5.97 Å². The van der Waals surface area contributed by atoms with Crippen molar-refractivity contribution in [2.45, 2.75) is 32.9 Å². The number of fused-ring (bicyclic) bond motifs is 1. The molecule has 1 aliphatic heterocycles. The Morgan fingerprint density at radius 2 is 2.19 bits per heavy atom. The summed E-state index contributed by atoms with van der Waals surface area (Å²) in [6, 6.07) is 1.71. The molecule has 0 spiro atoms. The van der Waals surface area contributed by atoms with Crippen LogP contribution in [0.3, 0.4) is 0 Å². The van der Waals surface area contributed by atoms with Gasteiger partial charge in [-0.15, -0.1) is 0 Å². The second kappa shape index (κ2) is 3.87. The van der Waals surface area contributed by atoms with Gasteiger partial charge < -0.3 is 5.11 Å². The molecule has 0 unspecified atom stereocenters. The Morgan fingerprint density at radius 1 is 1.50 bits per heavy atom. The first-order valence-electron chi connectivity index (χ1n) is 5.43. The third-order valence-electron chi connectivity index (χ3n) is 2.90. The maximum absolute atomic E-state index is 11.2. The van der Waals surface area contributed by atoms with Crippen LogP contribution < -0.4 is 0 Å². The number of pyridine rings is 1. The highest BCUT2D eigenvalue weighted by atomic mass is 16.4. The zero-order valence-corrected chi connectivity index (χ0v) is 9.82. The second-order valence-electron chi connectivity index (χ2n) is 4.65. The minimum Gasteiger partial charge on any atom is -0.478 e. The van der Waals surface area contributed by atoms with E-state index < -0.39 is 5.97 Å². The topological polar surface area (TPSA) is 53.4 Å². The van der Waals surface area contributed by atoms with E-state index in [1.54, 1.807) is 6.07 Å². The van der Waals surface area contributed by atoms with Crippen LogP contribution in [-0.2, 0) is 13.1 Å².